The summed E-state index contributed by atoms with van der Waals surface area (Å²) in [6, 6.07) is -2.55. The third-order valence-corrected chi connectivity index (χ3v) is 5.74. The summed E-state index contributed by atoms with van der Waals surface area (Å²) in [7, 11) is 2.85. The molecular weight excluding hydrogens is 370 g/mol. The number of ether oxygens (including phenoxy) is 3. The fraction of sp³-hybridized carbons (Fsp3) is 0.941. The number of nitrogens with two attached hydrogens (primary N) is 4. The molecule has 1 saturated carbocycles. The number of hydrogen-bond acceptors (Lipinski definition) is 10. The molecule has 2 fully saturated rings. The number of methoxy groups -OCH3 is 1. The van der Waals surface area contributed by atoms with E-state index in [1.54, 1.807) is 0 Å². The zero-order valence-electron chi connectivity index (χ0n) is 16.7. The Morgan fingerprint density at radius 3 is 2.43 bits per heavy atom. The molecule has 1 aliphatic heterocycles. The van der Waals surface area contributed by atoms with Crippen molar-refractivity contribution in [1.82, 2.24) is 4.90 Å². The molecule has 1 heterocycles. The van der Waals surface area contributed by atoms with Gasteiger partial charge in [-0.25, -0.2) is 0 Å². The Kier molecular flexibility index (Phi) is 8.14. The number of carbonyl (C=O) groups is 1. The first kappa shape index (κ1) is 23.4. The van der Waals surface area contributed by atoms with Gasteiger partial charge in [-0.15, -0.1) is 0 Å². The first-order chi connectivity index (χ1) is 13.1. The Balaban J connectivity index is 2.23. The van der Waals surface area contributed by atoms with E-state index in [4.69, 9.17) is 37.1 Å². The van der Waals surface area contributed by atoms with Gasteiger partial charge in [-0.3, -0.25) is 4.79 Å². The smallest absolute Gasteiger partial charge is 0.236 e. The van der Waals surface area contributed by atoms with Crippen LogP contribution in [0.15, 0.2) is 0 Å². The molecule has 10 atom stereocenters. The van der Waals surface area contributed by atoms with Gasteiger partial charge in [0.25, 0.3) is 0 Å². The molecule has 0 spiro atoms. The molecule has 0 aromatic rings. The molecule has 0 aromatic carbocycles. The van der Waals surface area contributed by atoms with Crippen LogP contribution in [0, 0.1) is 0 Å². The van der Waals surface area contributed by atoms with Gasteiger partial charge in [0.1, 0.15) is 18.3 Å². The van der Waals surface area contributed by atoms with Crippen molar-refractivity contribution in [2.24, 2.45) is 22.9 Å². The lowest BCUT2D eigenvalue weighted by Crippen LogP contribution is -2.72. The van der Waals surface area contributed by atoms with Crippen molar-refractivity contribution in [3.05, 3.63) is 0 Å². The number of hydrogen-bond donors (Lipinski definition) is 6. The van der Waals surface area contributed by atoms with Gasteiger partial charge in [-0.2, -0.15) is 0 Å². The van der Waals surface area contributed by atoms with Crippen molar-refractivity contribution in [3.63, 3.8) is 0 Å². The van der Waals surface area contributed by atoms with E-state index < -0.39 is 54.7 Å². The molecule has 0 radical (unpaired) electrons. The highest BCUT2D eigenvalue weighted by Crippen LogP contribution is 2.31. The molecule has 1 saturated heterocycles. The molecule has 0 aromatic heterocycles. The highest BCUT2D eigenvalue weighted by Gasteiger charge is 2.53. The van der Waals surface area contributed by atoms with Crippen LogP contribution >= 0.6 is 0 Å². The van der Waals surface area contributed by atoms with E-state index in [-0.39, 0.29) is 18.7 Å². The average Bonchev–Trinajstić information content (AvgIpc) is 2.67. The summed E-state index contributed by atoms with van der Waals surface area (Å²) in [5.41, 5.74) is 23.6. The Bertz CT molecular complexity index is 526. The van der Waals surface area contributed by atoms with Crippen LogP contribution in [0.25, 0.3) is 0 Å². The normalized spacial score (nSPS) is 42.8. The second-order valence-corrected chi connectivity index (χ2v) is 7.70. The van der Waals surface area contributed by atoms with E-state index in [0.29, 0.717) is 12.8 Å². The molecule has 1 amide bonds. The van der Waals surface area contributed by atoms with Crippen LogP contribution < -0.4 is 22.9 Å². The fourth-order valence-corrected chi connectivity index (χ4v) is 3.95. The summed E-state index contributed by atoms with van der Waals surface area (Å²) in [5, 5.41) is 21.6. The Hall–Kier alpha value is -0.890. The topological polar surface area (TPSA) is 193 Å². The van der Waals surface area contributed by atoms with Crippen LogP contribution in [-0.4, -0.2) is 103 Å². The molecule has 2 rings (SSSR count). The quantitative estimate of drug-likeness (QED) is 0.257. The maximum absolute atomic E-state index is 12.1. The van der Waals surface area contributed by atoms with Crippen molar-refractivity contribution in [1.29, 1.82) is 0 Å². The average molecular weight is 405 g/mol. The third kappa shape index (κ3) is 4.64. The highest BCUT2D eigenvalue weighted by atomic mass is 16.7. The maximum Gasteiger partial charge on any atom is 0.236 e. The summed E-state index contributed by atoms with van der Waals surface area (Å²) < 4.78 is 17.1. The van der Waals surface area contributed by atoms with Gasteiger partial charge < -0.3 is 52.3 Å². The second-order valence-electron chi connectivity index (χ2n) is 7.70. The Morgan fingerprint density at radius 2 is 1.89 bits per heavy atom. The SMILES string of the molecule is COC1C(O)C(N)C(OC2OC([C@H](C)N)CCC2N)C(O)C1N(C)C(=O)CN. The van der Waals surface area contributed by atoms with Gasteiger partial charge in [0.15, 0.2) is 6.29 Å². The summed E-state index contributed by atoms with van der Waals surface area (Å²) >= 11 is 0. The van der Waals surface area contributed by atoms with E-state index in [0.717, 1.165) is 0 Å². The minimum atomic E-state index is -1.25. The zero-order valence-corrected chi connectivity index (χ0v) is 16.7. The highest BCUT2D eigenvalue weighted by molar-refractivity contribution is 5.78. The summed E-state index contributed by atoms with van der Waals surface area (Å²) in [6.07, 6.45) is -4.16. The number of rotatable bonds is 6. The standard InChI is InChI=1S/C17H35N5O6/c1-7(19)9-5-4-8(20)17(27-9)28-15-11(21)13(24)16(26-3)12(14(15)25)22(2)10(23)6-18/h7-9,11-17,24-25H,4-6,18-21H2,1-3H3/t7-,8?,9?,11?,12?,13?,14?,15?,16?,17?/m0/s1. The van der Waals surface area contributed by atoms with E-state index >= 15 is 0 Å². The molecule has 10 N–H and O–H groups in total. The van der Waals surface area contributed by atoms with Gasteiger partial charge >= 0.3 is 0 Å². The molecule has 11 nitrogen and oxygen atoms in total. The fourth-order valence-electron chi connectivity index (χ4n) is 3.95. The van der Waals surface area contributed by atoms with E-state index in [1.807, 2.05) is 6.92 Å². The summed E-state index contributed by atoms with van der Waals surface area (Å²) in [4.78, 5) is 13.3. The third-order valence-electron chi connectivity index (χ3n) is 5.74. The summed E-state index contributed by atoms with van der Waals surface area (Å²) in [6.45, 7) is 1.58. The van der Waals surface area contributed by atoms with E-state index in [1.165, 1.54) is 19.1 Å². The second kappa shape index (κ2) is 9.74. The first-order valence-electron chi connectivity index (χ1n) is 9.56. The molecule has 1 aliphatic carbocycles. The molecule has 2 aliphatic rings. The van der Waals surface area contributed by atoms with Gasteiger partial charge in [0.2, 0.25) is 5.91 Å². The van der Waals surface area contributed by atoms with E-state index in [2.05, 4.69) is 0 Å². The van der Waals surface area contributed by atoms with Gasteiger partial charge in [-0.05, 0) is 19.8 Å². The molecule has 9 unspecified atom stereocenters. The molecule has 164 valence electrons. The lowest BCUT2D eigenvalue weighted by Gasteiger charge is -2.50. The summed E-state index contributed by atoms with van der Waals surface area (Å²) in [5.74, 6) is -0.421. The van der Waals surface area contributed by atoms with Crippen LogP contribution in [0.1, 0.15) is 19.8 Å². The number of aliphatic hydroxyl groups excluding tert-OH is 2. The Morgan fingerprint density at radius 1 is 1.25 bits per heavy atom. The maximum atomic E-state index is 12.1. The lowest BCUT2D eigenvalue weighted by molar-refractivity contribution is -0.267. The number of carbonyl (C=O) groups excluding carboxylic acids is 1. The van der Waals surface area contributed by atoms with Crippen LogP contribution in [0.2, 0.25) is 0 Å². The number of amides is 1. The number of aliphatic hydroxyl groups is 2. The van der Waals surface area contributed by atoms with Crippen LogP contribution in [-0.2, 0) is 19.0 Å². The van der Waals surface area contributed by atoms with Crippen LogP contribution in [0.4, 0.5) is 0 Å². The first-order valence-corrected chi connectivity index (χ1v) is 9.56. The van der Waals surface area contributed by atoms with Crippen LogP contribution in [0.5, 0.6) is 0 Å². The molecule has 0 bridgehead atoms. The Labute approximate surface area is 165 Å². The monoisotopic (exact) mass is 405 g/mol. The van der Waals surface area contributed by atoms with Crippen molar-refractivity contribution in [3.8, 4) is 0 Å². The van der Waals surface area contributed by atoms with Gasteiger partial charge in [0.05, 0.1) is 36.9 Å². The minimum Gasteiger partial charge on any atom is -0.389 e. The van der Waals surface area contributed by atoms with Crippen molar-refractivity contribution in [2.75, 3.05) is 20.7 Å². The van der Waals surface area contributed by atoms with Gasteiger partial charge in [0, 0.05) is 20.2 Å². The molecule has 28 heavy (non-hydrogen) atoms. The zero-order chi connectivity index (χ0) is 21.2. The number of likely N-dealkylation sites (N-methyl/N-ethyl adjacent to an activating group) is 1. The van der Waals surface area contributed by atoms with Crippen molar-refractivity contribution < 1.29 is 29.2 Å². The largest absolute Gasteiger partial charge is 0.389 e. The minimum absolute atomic E-state index is 0.215. The predicted molar refractivity (Wildman–Crippen MR) is 101 cm³/mol. The van der Waals surface area contributed by atoms with E-state index in [9.17, 15) is 15.0 Å². The molecule has 11 heteroatoms. The predicted octanol–water partition coefficient (Wildman–Crippen LogP) is -3.59. The van der Waals surface area contributed by atoms with Crippen molar-refractivity contribution >= 4 is 5.91 Å². The van der Waals surface area contributed by atoms with Crippen molar-refractivity contribution in [2.45, 2.75) is 80.7 Å². The van der Waals surface area contributed by atoms with Gasteiger partial charge in [-0.1, -0.05) is 0 Å². The van der Waals surface area contributed by atoms with Crippen LogP contribution in [0.3, 0.4) is 0 Å². The number of nitrogens with zero attached hydrogens (tertiary/aromatic N) is 1. The lowest BCUT2D eigenvalue weighted by atomic mass is 9.80. The molecular formula is C17H35N5O6.